The molecule has 2 aliphatic rings. The number of halogens is 2. The highest BCUT2D eigenvalue weighted by Gasteiger charge is 2.48. The fraction of sp³-hybridized carbons (Fsp3) is 0.167. The smallest absolute Gasteiger partial charge is 0.300 e. The zero-order chi connectivity index (χ0) is 23.3. The molecule has 2 aliphatic heterocycles. The van der Waals surface area contributed by atoms with E-state index in [-0.39, 0.29) is 17.0 Å². The van der Waals surface area contributed by atoms with Gasteiger partial charge in [0.2, 0.25) is 0 Å². The lowest BCUT2D eigenvalue weighted by molar-refractivity contribution is -0.132. The summed E-state index contributed by atoms with van der Waals surface area (Å²) >= 11 is 0. The molecule has 1 N–H and O–H groups in total. The molecule has 0 aliphatic carbocycles. The minimum atomic E-state index is -1.18. The van der Waals surface area contributed by atoms with E-state index in [0.29, 0.717) is 24.5 Å². The van der Waals surface area contributed by atoms with Gasteiger partial charge in [-0.05, 0) is 42.5 Å². The van der Waals surface area contributed by atoms with E-state index in [4.69, 9.17) is 9.15 Å². The molecule has 0 bridgehead atoms. The second kappa shape index (κ2) is 7.77. The summed E-state index contributed by atoms with van der Waals surface area (Å²) < 4.78 is 38.5. The summed E-state index contributed by atoms with van der Waals surface area (Å²) in [5.74, 6) is -3.84. The van der Waals surface area contributed by atoms with Crippen LogP contribution in [0.3, 0.4) is 0 Å². The van der Waals surface area contributed by atoms with Crippen molar-refractivity contribution in [1.82, 2.24) is 0 Å². The van der Waals surface area contributed by atoms with Crippen molar-refractivity contribution >= 4 is 28.8 Å². The van der Waals surface area contributed by atoms with Crippen molar-refractivity contribution in [2.24, 2.45) is 0 Å². The molecular weight excluding hydrogens is 434 g/mol. The number of fused-ring (bicyclic) bond motifs is 1. The second-order valence-corrected chi connectivity index (χ2v) is 7.74. The van der Waals surface area contributed by atoms with Gasteiger partial charge in [-0.2, -0.15) is 0 Å². The highest BCUT2D eigenvalue weighted by molar-refractivity contribution is 6.51. The number of hydrogen-bond acceptors (Lipinski definition) is 6. The molecule has 0 radical (unpaired) electrons. The zero-order valence-corrected chi connectivity index (χ0v) is 17.4. The maximum Gasteiger partial charge on any atom is 0.300 e. The normalized spacial score (nSPS) is 19.5. The van der Waals surface area contributed by atoms with Crippen molar-refractivity contribution in [2.45, 2.75) is 6.04 Å². The van der Waals surface area contributed by atoms with Crippen LogP contribution in [0.2, 0.25) is 0 Å². The lowest BCUT2D eigenvalue weighted by Gasteiger charge is -2.28. The van der Waals surface area contributed by atoms with E-state index in [1.807, 2.05) is 11.9 Å². The van der Waals surface area contributed by atoms with Gasteiger partial charge in [-0.25, -0.2) is 8.78 Å². The molecule has 0 spiro atoms. The third-order valence-electron chi connectivity index (χ3n) is 5.77. The van der Waals surface area contributed by atoms with Crippen LogP contribution in [-0.4, -0.2) is 37.0 Å². The lowest BCUT2D eigenvalue weighted by atomic mass is 9.98. The number of benzene rings is 2. The Morgan fingerprint density at radius 2 is 1.91 bits per heavy atom. The highest BCUT2D eigenvalue weighted by Crippen LogP contribution is 2.43. The van der Waals surface area contributed by atoms with Crippen molar-refractivity contribution < 1.29 is 32.6 Å². The van der Waals surface area contributed by atoms with Crippen LogP contribution in [0.25, 0.3) is 5.76 Å². The SMILES string of the molecule is CN1CCOc2ccc(/C(O)=C3/C(=O)C(=O)N(c4ccc(F)c(F)c4)C3c3ccco3)cc21. The Kier molecular flexibility index (Phi) is 4.88. The van der Waals surface area contributed by atoms with Crippen molar-refractivity contribution in [3.05, 3.63) is 83.3 Å². The van der Waals surface area contributed by atoms with E-state index in [1.54, 1.807) is 24.3 Å². The Bertz CT molecular complexity index is 1300. The Balaban J connectivity index is 1.68. The number of rotatable bonds is 3. The van der Waals surface area contributed by atoms with E-state index in [2.05, 4.69) is 0 Å². The zero-order valence-electron chi connectivity index (χ0n) is 17.4. The molecule has 2 aromatic carbocycles. The molecule has 168 valence electrons. The number of likely N-dealkylation sites (N-methyl/N-ethyl adjacent to an activating group) is 1. The number of carbonyl (C=O) groups excluding carboxylic acids is 2. The number of nitrogens with zero attached hydrogens (tertiary/aromatic N) is 2. The standard InChI is InChI=1S/C24H18F2N2O5/c1-27-8-10-33-18-7-4-13(11-17(18)27)22(29)20-21(19-3-2-9-32-19)28(24(31)23(20)30)14-5-6-15(25)16(26)12-14/h2-7,9,11-12,21,29H,8,10H2,1H3/b22-20-. The summed E-state index contributed by atoms with van der Waals surface area (Å²) in [6.45, 7) is 1.16. The molecule has 1 fully saturated rings. The van der Waals surface area contributed by atoms with E-state index in [9.17, 15) is 23.5 Å². The Labute approximate surface area is 187 Å². The largest absolute Gasteiger partial charge is 0.507 e. The molecule has 1 saturated heterocycles. The van der Waals surface area contributed by atoms with Crippen LogP contribution in [0, 0.1) is 11.6 Å². The molecule has 33 heavy (non-hydrogen) atoms. The van der Waals surface area contributed by atoms with Crippen LogP contribution >= 0.6 is 0 Å². The number of furan rings is 1. The predicted octanol–water partition coefficient (Wildman–Crippen LogP) is 4.01. The second-order valence-electron chi connectivity index (χ2n) is 7.74. The number of amides is 1. The van der Waals surface area contributed by atoms with Crippen LogP contribution in [0.4, 0.5) is 20.2 Å². The van der Waals surface area contributed by atoms with Gasteiger partial charge in [0.25, 0.3) is 11.7 Å². The molecule has 1 unspecified atom stereocenters. The molecule has 1 aromatic heterocycles. The number of ether oxygens (including phenoxy) is 1. The number of anilines is 2. The summed E-state index contributed by atoms with van der Waals surface area (Å²) in [6.07, 6.45) is 1.35. The molecule has 5 rings (SSSR count). The molecule has 9 heteroatoms. The Hall–Kier alpha value is -4.14. The summed E-state index contributed by atoms with van der Waals surface area (Å²) in [5.41, 5.74) is 0.745. The van der Waals surface area contributed by atoms with Crippen molar-refractivity contribution in [3.63, 3.8) is 0 Å². The number of ketones is 1. The summed E-state index contributed by atoms with van der Waals surface area (Å²) in [6, 6.07) is 9.71. The molecule has 0 saturated carbocycles. The number of aliphatic hydroxyl groups excluding tert-OH is 1. The van der Waals surface area contributed by atoms with Gasteiger partial charge in [-0.1, -0.05) is 0 Å². The first-order valence-electron chi connectivity index (χ1n) is 10.1. The predicted molar refractivity (Wildman–Crippen MR) is 115 cm³/mol. The molecule has 1 atom stereocenters. The molecular formula is C24H18F2N2O5. The number of hydrogen-bond donors (Lipinski definition) is 1. The van der Waals surface area contributed by atoms with Crippen LogP contribution < -0.4 is 14.5 Å². The monoisotopic (exact) mass is 452 g/mol. The van der Waals surface area contributed by atoms with Crippen LogP contribution in [-0.2, 0) is 9.59 Å². The number of aliphatic hydroxyl groups is 1. The van der Waals surface area contributed by atoms with E-state index < -0.39 is 35.1 Å². The average Bonchev–Trinajstić information content (AvgIpc) is 3.42. The van der Waals surface area contributed by atoms with Gasteiger partial charge < -0.3 is 19.2 Å². The van der Waals surface area contributed by atoms with Gasteiger partial charge in [-0.3, -0.25) is 14.5 Å². The fourth-order valence-corrected chi connectivity index (χ4v) is 4.10. The molecule has 3 aromatic rings. The number of Topliss-reactive ketones (excluding diaryl/α,β-unsaturated/α-hetero) is 1. The van der Waals surface area contributed by atoms with Gasteiger partial charge in [0.1, 0.15) is 29.9 Å². The topological polar surface area (TPSA) is 83.2 Å². The van der Waals surface area contributed by atoms with Crippen molar-refractivity contribution in [3.8, 4) is 5.75 Å². The van der Waals surface area contributed by atoms with Gasteiger partial charge in [-0.15, -0.1) is 0 Å². The minimum Gasteiger partial charge on any atom is -0.507 e. The first-order valence-corrected chi connectivity index (χ1v) is 10.1. The third-order valence-corrected chi connectivity index (χ3v) is 5.77. The molecule has 7 nitrogen and oxygen atoms in total. The minimum absolute atomic E-state index is 0.0463. The van der Waals surface area contributed by atoms with Gasteiger partial charge in [0, 0.05) is 24.4 Å². The van der Waals surface area contributed by atoms with Gasteiger partial charge >= 0.3 is 0 Å². The van der Waals surface area contributed by atoms with Crippen LogP contribution in [0.5, 0.6) is 5.75 Å². The third kappa shape index (κ3) is 3.32. The molecule has 1 amide bonds. The average molecular weight is 452 g/mol. The van der Waals surface area contributed by atoms with Crippen LogP contribution in [0.15, 0.2) is 64.8 Å². The summed E-state index contributed by atoms with van der Waals surface area (Å²) in [4.78, 5) is 29.0. The summed E-state index contributed by atoms with van der Waals surface area (Å²) in [7, 11) is 1.87. The van der Waals surface area contributed by atoms with Crippen molar-refractivity contribution in [1.29, 1.82) is 0 Å². The number of carbonyl (C=O) groups is 2. The first kappa shape index (κ1) is 20.7. The van der Waals surface area contributed by atoms with Gasteiger partial charge in [0.05, 0.1) is 24.1 Å². The van der Waals surface area contributed by atoms with Crippen molar-refractivity contribution in [2.75, 3.05) is 30.0 Å². The maximum absolute atomic E-state index is 13.9. The Morgan fingerprint density at radius 1 is 1.09 bits per heavy atom. The highest BCUT2D eigenvalue weighted by atomic mass is 19.2. The lowest BCUT2D eigenvalue weighted by Crippen LogP contribution is -2.29. The Morgan fingerprint density at radius 3 is 2.64 bits per heavy atom. The quantitative estimate of drug-likeness (QED) is 0.367. The van der Waals surface area contributed by atoms with E-state index >= 15 is 0 Å². The maximum atomic E-state index is 13.9. The van der Waals surface area contributed by atoms with E-state index in [0.717, 1.165) is 22.7 Å². The van der Waals surface area contributed by atoms with E-state index in [1.165, 1.54) is 18.4 Å². The fourth-order valence-electron chi connectivity index (χ4n) is 4.10. The summed E-state index contributed by atoms with van der Waals surface area (Å²) in [5, 5.41) is 11.2. The van der Waals surface area contributed by atoms with Gasteiger partial charge in [0.15, 0.2) is 11.6 Å². The van der Waals surface area contributed by atoms with Crippen LogP contribution in [0.1, 0.15) is 17.4 Å². The first-order chi connectivity index (χ1) is 15.9. The molecule has 3 heterocycles.